The van der Waals surface area contributed by atoms with Crippen LogP contribution >= 0.6 is 0 Å². The number of nitrogens with one attached hydrogen (secondary N) is 1. The third kappa shape index (κ3) is 30.4. The fraction of sp³-hybridized carbons (Fsp3) is 0.921. The van der Waals surface area contributed by atoms with E-state index >= 15 is 0 Å². The fourth-order valence-electron chi connectivity index (χ4n) is 5.85. The van der Waals surface area contributed by atoms with Crippen LogP contribution in [0.2, 0.25) is 0 Å². The van der Waals surface area contributed by atoms with Crippen molar-refractivity contribution in [2.75, 3.05) is 13.1 Å². The van der Waals surface area contributed by atoms with Crippen molar-refractivity contribution >= 4 is 17.7 Å². The lowest BCUT2D eigenvalue weighted by molar-refractivity contribution is -0.138. The van der Waals surface area contributed by atoms with Crippen LogP contribution in [-0.4, -0.2) is 35.7 Å². The highest BCUT2D eigenvalue weighted by molar-refractivity contribution is 5.97. The molecule has 0 aliphatic heterocycles. The fourth-order valence-corrected chi connectivity index (χ4v) is 5.85. The summed E-state index contributed by atoms with van der Waals surface area (Å²) in [5.41, 5.74) is 0. The second-order valence-corrected chi connectivity index (χ2v) is 13.1. The number of imide groups is 1. The van der Waals surface area contributed by atoms with Crippen LogP contribution in [0.5, 0.6) is 0 Å². The Labute approximate surface area is 268 Å². The van der Waals surface area contributed by atoms with Gasteiger partial charge in [0.05, 0.1) is 6.54 Å². The molecule has 0 unspecified atom stereocenters. The third-order valence-corrected chi connectivity index (χ3v) is 8.75. The molecule has 5 nitrogen and oxygen atoms in total. The lowest BCUT2D eigenvalue weighted by atomic mass is 10.1. The number of unbranched alkanes of at least 4 members (excludes halogenated alkanes) is 25. The van der Waals surface area contributed by atoms with Crippen molar-refractivity contribution in [2.24, 2.45) is 0 Å². The van der Waals surface area contributed by atoms with Gasteiger partial charge >= 0.3 is 0 Å². The van der Waals surface area contributed by atoms with Crippen LogP contribution in [0.3, 0.4) is 0 Å². The molecule has 0 aromatic rings. The quantitative estimate of drug-likeness (QED) is 0.0756. The molecule has 0 heterocycles. The van der Waals surface area contributed by atoms with E-state index in [9.17, 15) is 14.4 Å². The largest absolute Gasteiger partial charge is 0.333 e. The molecule has 0 fully saturated rings. The van der Waals surface area contributed by atoms with Crippen LogP contribution in [-0.2, 0) is 14.4 Å². The predicted molar refractivity (Wildman–Crippen MR) is 185 cm³/mol. The summed E-state index contributed by atoms with van der Waals surface area (Å²) in [5.74, 6) is -0.452. The summed E-state index contributed by atoms with van der Waals surface area (Å²) in [6, 6.07) is 0. The van der Waals surface area contributed by atoms with Crippen molar-refractivity contribution in [3.05, 3.63) is 0 Å². The summed E-state index contributed by atoms with van der Waals surface area (Å²) >= 11 is 0. The summed E-state index contributed by atoms with van der Waals surface area (Å²) in [6.07, 6.45) is 35.1. The summed E-state index contributed by atoms with van der Waals surface area (Å²) in [5, 5.41) is 2.56. The van der Waals surface area contributed by atoms with Gasteiger partial charge in [0.1, 0.15) is 0 Å². The summed E-state index contributed by atoms with van der Waals surface area (Å²) in [6.45, 7) is 7.37. The van der Waals surface area contributed by atoms with E-state index in [2.05, 4.69) is 26.1 Å². The lowest BCUT2D eigenvalue weighted by Gasteiger charge is -2.22. The first kappa shape index (κ1) is 41.6. The predicted octanol–water partition coefficient (Wildman–Crippen LogP) is 11.2. The zero-order chi connectivity index (χ0) is 31.6. The molecule has 0 aromatic carbocycles. The van der Waals surface area contributed by atoms with Crippen molar-refractivity contribution < 1.29 is 14.4 Å². The standard InChI is InChI=1S/C38H74N2O3/c1-4-7-10-13-16-19-22-25-28-31-34-40(38(43)33-30-27-24-21-18-15-12-9-6-3)35-37(42)39-36(41)32-29-26-23-20-17-14-11-8-5-2/h4-35H2,1-3H3,(H,39,41,42). The van der Waals surface area contributed by atoms with Crippen LogP contribution in [0.15, 0.2) is 0 Å². The van der Waals surface area contributed by atoms with Gasteiger partial charge in [0, 0.05) is 19.4 Å². The van der Waals surface area contributed by atoms with E-state index in [1.165, 1.54) is 135 Å². The van der Waals surface area contributed by atoms with Crippen molar-refractivity contribution in [1.82, 2.24) is 10.2 Å². The van der Waals surface area contributed by atoms with E-state index in [1.807, 2.05) is 0 Å². The highest BCUT2D eigenvalue weighted by Crippen LogP contribution is 2.14. The van der Waals surface area contributed by atoms with Gasteiger partial charge in [-0.25, -0.2) is 0 Å². The minimum Gasteiger partial charge on any atom is -0.333 e. The summed E-state index contributed by atoms with van der Waals surface area (Å²) in [4.78, 5) is 39.9. The van der Waals surface area contributed by atoms with E-state index < -0.39 is 0 Å². The number of hydrogen-bond donors (Lipinski definition) is 1. The smallest absolute Gasteiger partial charge is 0.246 e. The van der Waals surface area contributed by atoms with Crippen LogP contribution in [0.1, 0.15) is 213 Å². The van der Waals surface area contributed by atoms with E-state index in [0.29, 0.717) is 19.4 Å². The first-order valence-electron chi connectivity index (χ1n) is 19.2. The van der Waals surface area contributed by atoms with Gasteiger partial charge in [0.25, 0.3) is 0 Å². The molecule has 1 N–H and O–H groups in total. The molecule has 5 heteroatoms. The average molecular weight is 607 g/mol. The molecule has 43 heavy (non-hydrogen) atoms. The summed E-state index contributed by atoms with van der Waals surface area (Å²) in [7, 11) is 0. The second kappa shape index (κ2) is 33.5. The van der Waals surface area contributed by atoms with Crippen molar-refractivity contribution in [1.29, 1.82) is 0 Å². The Bertz CT molecular complexity index is 637. The van der Waals surface area contributed by atoms with Crippen molar-refractivity contribution in [3.8, 4) is 0 Å². The molecular formula is C38H74N2O3. The van der Waals surface area contributed by atoms with Gasteiger partial charge in [-0.05, 0) is 19.3 Å². The zero-order valence-electron chi connectivity index (χ0n) is 29.3. The number of carbonyl (C=O) groups is 3. The maximum Gasteiger partial charge on any atom is 0.246 e. The summed E-state index contributed by atoms with van der Waals surface area (Å²) < 4.78 is 0. The van der Waals surface area contributed by atoms with Crippen LogP contribution in [0, 0.1) is 0 Å². The van der Waals surface area contributed by atoms with Crippen LogP contribution < -0.4 is 5.32 Å². The van der Waals surface area contributed by atoms with Crippen molar-refractivity contribution in [2.45, 2.75) is 213 Å². The topological polar surface area (TPSA) is 66.5 Å². The Kier molecular flexibility index (Phi) is 32.4. The Morgan fingerprint density at radius 1 is 0.395 bits per heavy atom. The lowest BCUT2D eigenvalue weighted by Crippen LogP contribution is -2.43. The SMILES string of the molecule is CCCCCCCCCCCCN(CC(=O)NC(=O)CCCCCCCCCCC)C(=O)CCCCCCCCCCC. The van der Waals surface area contributed by atoms with Gasteiger partial charge in [0.2, 0.25) is 17.7 Å². The molecule has 0 atom stereocenters. The minimum absolute atomic E-state index is 0.0111. The molecule has 3 amide bonds. The normalized spacial score (nSPS) is 11.1. The van der Waals surface area contributed by atoms with Crippen molar-refractivity contribution in [3.63, 3.8) is 0 Å². The van der Waals surface area contributed by atoms with Crippen LogP contribution in [0.25, 0.3) is 0 Å². The van der Waals surface area contributed by atoms with Gasteiger partial charge in [-0.2, -0.15) is 0 Å². The molecule has 0 bridgehead atoms. The Hall–Kier alpha value is -1.39. The second-order valence-electron chi connectivity index (χ2n) is 13.1. The molecule has 0 rings (SSSR count). The number of carbonyl (C=O) groups excluding carboxylic acids is 3. The van der Waals surface area contributed by atoms with Crippen LogP contribution in [0.4, 0.5) is 0 Å². The van der Waals surface area contributed by atoms with Gasteiger partial charge in [-0.1, -0.05) is 181 Å². The third-order valence-electron chi connectivity index (χ3n) is 8.75. The number of nitrogens with zero attached hydrogens (tertiary/aromatic N) is 1. The molecule has 254 valence electrons. The molecule has 0 saturated heterocycles. The first-order valence-corrected chi connectivity index (χ1v) is 19.2. The maximum atomic E-state index is 13.1. The van der Waals surface area contributed by atoms with E-state index in [1.54, 1.807) is 4.90 Å². The van der Waals surface area contributed by atoms with E-state index in [-0.39, 0.29) is 24.3 Å². The minimum atomic E-state index is -0.326. The molecule has 0 saturated carbocycles. The number of hydrogen-bond acceptors (Lipinski definition) is 3. The van der Waals surface area contributed by atoms with Gasteiger partial charge < -0.3 is 4.90 Å². The average Bonchev–Trinajstić information content (AvgIpc) is 2.99. The highest BCUT2D eigenvalue weighted by atomic mass is 16.2. The molecule has 0 aromatic heterocycles. The zero-order valence-corrected chi connectivity index (χ0v) is 29.3. The Morgan fingerprint density at radius 3 is 1.12 bits per heavy atom. The monoisotopic (exact) mass is 607 g/mol. The Morgan fingerprint density at radius 2 is 0.721 bits per heavy atom. The van der Waals surface area contributed by atoms with Gasteiger partial charge in [-0.3, -0.25) is 19.7 Å². The highest BCUT2D eigenvalue weighted by Gasteiger charge is 2.18. The Balaban J connectivity index is 4.35. The molecule has 0 spiro atoms. The van der Waals surface area contributed by atoms with E-state index in [4.69, 9.17) is 0 Å². The van der Waals surface area contributed by atoms with E-state index in [0.717, 1.165) is 44.9 Å². The number of amides is 3. The molecular weight excluding hydrogens is 532 g/mol. The van der Waals surface area contributed by atoms with Gasteiger partial charge in [0.15, 0.2) is 0 Å². The molecule has 0 radical (unpaired) electrons. The maximum absolute atomic E-state index is 13.1. The molecule has 0 aliphatic carbocycles. The molecule has 0 aliphatic rings. The van der Waals surface area contributed by atoms with Gasteiger partial charge in [-0.15, -0.1) is 0 Å². The number of rotatable bonds is 33. The first-order chi connectivity index (χ1) is 21.0.